The lowest BCUT2D eigenvalue weighted by Gasteiger charge is -2.63. The van der Waals surface area contributed by atoms with Gasteiger partial charge in [-0.1, -0.05) is 46.3 Å². The van der Waals surface area contributed by atoms with E-state index in [9.17, 15) is 24.0 Å². The first-order chi connectivity index (χ1) is 18.7. The number of esters is 3. The summed E-state index contributed by atoms with van der Waals surface area (Å²) in [5.74, 6) is -4.06. The van der Waals surface area contributed by atoms with Crippen LogP contribution in [-0.4, -0.2) is 53.5 Å². The zero-order valence-electron chi connectivity index (χ0n) is 24.3. The minimum atomic E-state index is -2.06. The lowest BCUT2D eigenvalue weighted by molar-refractivity contribution is -0.236. The van der Waals surface area contributed by atoms with E-state index in [2.05, 4.69) is 0 Å². The Morgan fingerprint density at radius 3 is 2.27 bits per heavy atom. The average Bonchev–Trinajstić information content (AvgIpc) is 3.14. The van der Waals surface area contributed by atoms with Gasteiger partial charge in [0.05, 0.1) is 0 Å². The summed E-state index contributed by atoms with van der Waals surface area (Å²) in [6.07, 6.45) is 4.49. The second-order valence-electron chi connectivity index (χ2n) is 12.2. The maximum absolute atomic E-state index is 18.1. The molecule has 0 saturated heterocycles. The number of ketones is 2. The van der Waals surface area contributed by atoms with Crippen LogP contribution in [0.1, 0.15) is 86.5 Å². The number of ether oxygens (including phenoxy) is 3. The predicted octanol–water partition coefficient (Wildman–Crippen LogP) is 4.78. The van der Waals surface area contributed by atoms with Crippen LogP contribution in [0, 0.1) is 28.6 Å². The van der Waals surface area contributed by atoms with Crippen molar-refractivity contribution in [1.82, 2.24) is 0 Å². The number of allylic oxidation sites excluding steroid dienone is 4. The van der Waals surface area contributed by atoms with Crippen LogP contribution in [0.2, 0.25) is 0 Å². The van der Waals surface area contributed by atoms with Crippen LogP contribution in [0.4, 0.5) is 4.39 Å². The van der Waals surface area contributed by atoms with Crippen molar-refractivity contribution in [2.75, 3.05) is 6.61 Å². The summed E-state index contributed by atoms with van der Waals surface area (Å²) in [5, 5.41) is 0. The second-order valence-corrected chi connectivity index (χ2v) is 12.2. The standard InChI is InChI=1S/C31H41FO8/c1-7-25(35)38-17-23(34)31(40-27(37)9-3)18(4)14-22-21-11-10-19-15-20(33)12-13-28(19,5)30(21,32)24(16-29(22,31)6)39-26(36)8-2/h12-13,15,18,21-22,24H,7-11,14,16-17H2,1-6H3/t18-,21+,22-,24-,28-,29-,30+,31-/m0/s1. The molecule has 0 unspecified atom stereocenters. The van der Waals surface area contributed by atoms with Crippen molar-refractivity contribution < 1.29 is 42.6 Å². The van der Waals surface area contributed by atoms with Crippen LogP contribution < -0.4 is 0 Å². The van der Waals surface area contributed by atoms with Crippen molar-refractivity contribution in [3.63, 3.8) is 0 Å². The number of carbonyl (C=O) groups is 5. The molecule has 8 atom stereocenters. The lowest BCUT2D eigenvalue weighted by Crippen LogP contribution is -2.70. The quantitative estimate of drug-likeness (QED) is 0.308. The number of halogens is 1. The van der Waals surface area contributed by atoms with E-state index in [0.29, 0.717) is 24.8 Å². The molecule has 0 N–H and O–H groups in total. The molecule has 3 fully saturated rings. The molecule has 0 aliphatic heterocycles. The van der Waals surface area contributed by atoms with E-state index < -0.39 is 76.3 Å². The first-order valence-corrected chi connectivity index (χ1v) is 14.5. The summed E-state index contributed by atoms with van der Waals surface area (Å²) in [4.78, 5) is 63.8. The molecule has 0 aromatic heterocycles. The summed E-state index contributed by atoms with van der Waals surface area (Å²) >= 11 is 0. The Bertz CT molecular complexity index is 1170. The maximum atomic E-state index is 18.1. The third-order valence-corrected chi connectivity index (χ3v) is 10.3. The molecule has 0 amide bonds. The fourth-order valence-corrected chi connectivity index (χ4v) is 8.34. The molecule has 220 valence electrons. The van der Waals surface area contributed by atoms with Crippen LogP contribution in [0.5, 0.6) is 0 Å². The highest BCUT2D eigenvalue weighted by molar-refractivity contribution is 6.01. The zero-order valence-corrected chi connectivity index (χ0v) is 24.3. The van der Waals surface area contributed by atoms with E-state index in [1.807, 2.05) is 13.8 Å². The molecule has 9 heteroatoms. The van der Waals surface area contributed by atoms with Gasteiger partial charge in [-0.3, -0.25) is 24.0 Å². The number of fused-ring (bicyclic) bond motifs is 5. The number of alkyl halides is 1. The Balaban J connectivity index is 1.88. The van der Waals surface area contributed by atoms with Gasteiger partial charge in [0.15, 0.2) is 23.7 Å². The number of hydrogen-bond donors (Lipinski definition) is 0. The van der Waals surface area contributed by atoms with E-state index in [4.69, 9.17) is 14.2 Å². The number of rotatable bonds is 8. The number of hydrogen-bond acceptors (Lipinski definition) is 8. The van der Waals surface area contributed by atoms with Gasteiger partial charge in [-0.05, 0) is 50.7 Å². The van der Waals surface area contributed by atoms with Crippen molar-refractivity contribution in [3.05, 3.63) is 23.8 Å². The largest absolute Gasteiger partial charge is 0.459 e. The Morgan fingerprint density at radius 1 is 1.00 bits per heavy atom. The monoisotopic (exact) mass is 560 g/mol. The zero-order chi connectivity index (χ0) is 29.7. The van der Waals surface area contributed by atoms with Crippen LogP contribution in [0.15, 0.2) is 23.8 Å². The molecule has 0 radical (unpaired) electrons. The topological polar surface area (TPSA) is 113 Å². The normalized spacial score (nSPS) is 39.8. The van der Waals surface area contributed by atoms with E-state index in [1.165, 1.54) is 12.2 Å². The molecule has 0 aromatic carbocycles. The smallest absolute Gasteiger partial charge is 0.306 e. The molecule has 0 bridgehead atoms. The SMILES string of the molecule is CCC(=O)OCC(=O)[C@@]1(OC(=O)CC)[C@@H](C)C[C@H]2[C@H]3CCC4=CC(=O)C=C[C@]4(C)[C@]3(F)[C@@H](OC(=O)CC)C[C@@]21C. The lowest BCUT2D eigenvalue weighted by atomic mass is 9.44. The number of carbonyl (C=O) groups excluding carboxylic acids is 5. The Hall–Kier alpha value is -2.84. The van der Waals surface area contributed by atoms with E-state index >= 15 is 4.39 Å². The molecular formula is C31H41FO8. The molecule has 3 saturated carbocycles. The van der Waals surface area contributed by atoms with Crippen molar-refractivity contribution in [1.29, 1.82) is 0 Å². The second kappa shape index (κ2) is 10.5. The minimum absolute atomic E-state index is 0.0209. The van der Waals surface area contributed by atoms with Gasteiger partial charge in [0, 0.05) is 41.9 Å². The van der Waals surface area contributed by atoms with E-state index in [-0.39, 0.29) is 31.5 Å². The third-order valence-electron chi connectivity index (χ3n) is 10.3. The van der Waals surface area contributed by atoms with Crippen LogP contribution in [0.25, 0.3) is 0 Å². The highest BCUT2D eigenvalue weighted by Crippen LogP contribution is 2.72. The fraction of sp³-hybridized carbons (Fsp3) is 0.710. The summed E-state index contributed by atoms with van der Waals surface area (Å²) < 4.78 is 35.3. The van der Waals surface area contributed by atoms with Gasteiger partial charge in [-0.2, -0.15) is 0 Å². The number of Topliss-reactive ketones (excluding diaryl/α,β-unsaturated/α-hetero) is 1. The van der Waals surface area contributed by atoms with E-state index in [1.54, 1.807) is 33.8 Å². The van der Waals surface area contributed by atoms with Gasteiger partial charge < -0.3 is 14.2 Å². The molecule has 4 aliphatic carbocycles. The van der Waals surface area contributed by atoms with Gasteiger partial charge in [0.25, 0.3) is 0 Å². The Kier molecular flexibility index (Phi) is 7.93. The van der Waals surface area contributed by atoms with Gasteiger partial charge in [-0.25, -0.2) is 4.39 Å². The van der Waals surface area contributed by atoms with E-state index in [0.717, 1.165) is 0 Å². The van der Waals surface area contributed by atoms with Gasteiger partial charge in [-0.15, -0.1) is 0 Å². The first kappa shape index (κ1) is 30.1. The molecule has 4 rings (SSSR count). The highest BCUT2D eigenvalue weighted by atomic mass is 19.1. The molecular weight excluding hydrogens is 519 g/mol. The average molecular weight is 561 g/mol. The predicted molar refractivity (Wildman–Crippen MR) is 142 cm³/mol. The van der Waals surface area contributed by atoms with Gasteiger partial charge in [0.2, 0.25) is 5.78 Å². The Labute approximate surface area is 235 Å². The summed E-state index contributed by atoms with van der Waals surface area (Å²) in [5.41, 5.74) is -5.41. The van der Waals surface area contributed by atoms with Crippen molar-refractivity contribution >= 4 is 29.5 Å². The fourth-order valence-electron chi connectivity index (χ4n) is 8.34. The van der Waals surface area contributed by atoms with Crippen LogP contribution in [-0.2, 0) is 38.2 Å². The third kappa shape index (κ3) is 4.17. The van der Waals surface area contributed by atoms with Crippen molar-refractivity contribution in [3.8, 4) is 0 Å². The minimum Gasteiger partial charge on any atom is -0.459 e. The molecule has 4 aliphatic rings. The molecule has 40 heavy (non-hydrogen) atoms. The van der Waals surface area contributed by atoms with Crippen LogP contribution in [0.3, 0.4) is 0 Å². The molecule has 0 aromatic rings. The summed E-state index contributed by atoms with van der Waals surface area (Å²) in [7, 11) is 0. The van der Waals surface area contributed by atoms with Gasteiger partial charge in [0.1, 0.15) is 6.10 Å². The molecule has 8 nitrogen and oxygen atoms in total. The Morgan fingerprint density at radius 2 is 1.65 bits per heavy atom. The van der Waals surface area contributed by atoms with Crippen molar-refractivity contribution in [2.45, 2.75) is 104 Å². The van der Waals surface area contributed by atoms with Gasteiger partial charge >= 0.3 is 17.9 Å². The maximum Gasteiger partial charge on any atom is 0.306 e. The molecule has 0 heterocycles. The summed E-state index contributed by atoms with van der Waals surface area (Å²) in [6, 6.07) is 0. The van der Waals surface area contributed by atoms with Crippen LogP contribution >= 0.6 is 0 Å². The summed E-state index contributed by atoms with van der Waals surface area (Å²) in [6.45, 7) is 9.68. The first-order valence-electron chi connectivity index (χ1n) is 14.5. The highest BCUT2D eigenvalue weighted by Gasteiger charge is 2.78. The molecule has 0 spiro atoms. The van der Waals surface area contributed by atoms with Crippen molar-refractivity contribution in [2.24, 2.45) is 28.6 Å².